The van der Waals surface area contributed by atoms with Crippen LogP contribution in [0, 0.1) is 0 Å². The predicted molar refractivity (Wildman–Crippen MR) is 46.1 cm³/mol. The summed E-state index contributed by atoms with van der Waals surface area (Å²) in [6, 6.07) is 0. The van der Waals surface area contributed by atoms with E-state index in [1.54, 1.807) is 21.3 Å². The summed E-state index contributed by atoms with van der Waals surface area (Å²) in [6.07, 6.45) is 0. The average Bonchev–Trinajstić information content (AvgIpc) is 2.08. The second-order valence-electron chi connectivity index (χ2n) is 1.35. The maximum atomic E-state index is 4.90. The Morgan fingerprint density at radius 2 is 1.18 bits per heavy atom. The van der Waals surface area contributed by atoms with Crippen molar-refractivity contribution < 1.29 is 13.6 Å². The predicted octanol–water partition coefficient (Wildman–Crippen LogP) is 0.0563. The molecule has 0 aliphatic heterocycles. The first-order chi connectivity index (χ1) is 5.26. The summed E-state index contributed by atoms with van der Waals surface area (Å²) in [7, 11) is 3.57. The van der Waals surface area contributed by atoms with E-state index in [9.17, 15) is 0 Å². The van der Waals surface area contributed by atoms with Gasteiger partial charge in [0.15, 0.2) is 0 Å². The Hall–Kier alpha value is 0.230. The van der Waals surface area contributed by atoms with Gasteiger partial charge in [0.25, 0.3) is 0 Å². The van der Waals surface area contributed by atoms with Gasteiger partial charge in [-0.25, -0.2) is 0 Å². The zero-order valence-electron chi connectivity index (χ0n) is 7.24. The topological polar surface area (TPSA) is 79.7 Å². The van der Waals surface area contributed by atoms with Crippen molar-refractivity contribution >= 4 is 8.60 Å². The van der Waals surface area contributed by atoms with Gasteiger partial charge in [0.1, 0.15) is 0 Å². The molecule has 0 rings (SSSR count). The van der Waals surface area contributed by atoms with Crippen LogP contribution < -0.4 is 11.5 Å². The molecule has 0 aromatic rings. The van der Waals surface area contributed by atoms with E-state index in [1.807, 2.05) is 0 Å². The molecule has 0 saturated carbocycles. The molecule has 0 unspecified atom stereocenters. The van der Waals surface area contributed by atoms with Crippen LogP contribution in [0.25, 0.3) is 0 Å². The van der Waals surface area contributed by atoms with E-state index in [0.29, 0.717) is 13.1 Å². The molecule has 0 aromatic heterocycles. The van der Waals surface area contributed by atoms with Gasteiger partial charge in [-0.05, 0) is 0 Å². The smallest absolute Gasteiger partial charge is 0.329 e. The van der Waals surface area contributed by atoms with Crippen LogP contribution in [0.3, 0.4) is 0 Å². The summed E-state index contributed by atoms with van der Waals surface area (Å²) < 4.78 is 14.0. The molecule has 0 aliphatic rings. The highest BCUT2D eigenvalue weighted by atomic mass is 31.2. The molecule has 0 bridgehead atoms. The fourth-order valence-electron chi connectivity index (χ4n) is 0.224. The van der Waals surface area contributed by atoms with Crippen molar-refractivity contribution in [3.8, 4) is 0 Å². The summed E-state index contributed by atoms with van der Waals surface area (Å²) in [4.78, 5) is 0. The van der Waals surface area contributed by atoms with Gasteiger partial charge >= 0.3 is 8.60 Å². The third-order valence-electron chi connectivity index (χ3n) is 0.614. The molecule has 0 aliphatic carbocycles. The van der Waals surface area contributed by atoms with Crippen molar-refractivity contribution in [3.05, 3.63) is 0 Å². The lowest BCUT2D eigenvalue weighted by Gasteiger charge is -2.05. The molecule has 4 N–H and O–H groups in total. The zero-order chi connectivity index (χ0) is 9.11. The summed E-state index contributed by atoms with van der Waals surface area (Å²) in [5, 5.41) is 0. The van der Waals surface area contributed by atoms with E-state index in [0.717, 1.165) is 0 Å². The molecule has 0 amide bonds. The zero-order valence-corrected chi connectivity index (χ0v) is 8.14. The highest BCUT2D eigenvalue weighted by Crippen LogP contribution is 2.35. The van der Waals surface area contributed by atoms with Gasteiger partial charge in [0.05, 0.1) is 0 Å². The first kappa shape index (κ1) is 13.8. The second kappa shape index (κ2) is 12.9. The highest BCUT2D eigenvalue weighted by molar-refractivity contribution is 7.41. The van der Waals surface area contributed by atoms with Gasteiger partial charge in [-0.15, -0.1) is 0 Å². The van der Waals surface area contributed by atoms with Gasteiger partial charge in [0, 0.05) is 34.4 Å². The Morgan fingerprint density at radius 1 is 0.909 bits per heavy atom. The lowest BCUT2D eigenvalue weighted by Crippen LogP contribution is -2.11. The van der Waals surface area contributed by atoms with Crippen LogP contribution in [0.2, 0.25) is 0 Å². The Bertz CT molecular complexity index is 56.2. The van der Waals surface area contributed by atoms with E-state index in [-0.39, 0.29) is 0 Å². The van der Waals surface area contributed by atoms with E-state index < -0.39 is 8.60 Å². The Kier molecular flexibility index (Phi) is 16.1. The van der Waals surface area contributed by atoms with Crippen molar-refractivity contribution in [2.24, 2.45) is 11.5 Å². The minimum Gasteiger partial charge on any atom is -0.329 e. The van der Waals surface area contributed by atoms with Gasteiger partial charge in [-0.2, -0.15) is 0 Å². The Labute approximate surface area is 69.0 Å². The second-order valence-corrected chi connectivity index (χ2v) is 2.89. The van der Waals surface area contributed by atoms with Crippen LogP contribution in [0.15, 0.2) is 0 Å². The molecule has 0 aromatic carbocycles. The van der Waals surface area contributed by atoms with Crippen LogP contribution in [0.1, 0.15) is 0 Å². The summed E-state index contributed by atoms with van der Waals surface area (Å²) in [5.74, 6) is 0. The van der Waals surface area contributed by atoms with Gasteiger partial charge in [-0.3, -0.25) is 0 Å². The fourth-order valence-corrected chi connectivity index (χ4v) is 0.671. The van der Waals surface area contributed by atoms with Crippen LogP contribution >= 0.6 is 8.60 Å². The quantitative estimate of drug-likeness (QED) is 0.604. The molecule has 11 heavy (non-hydrogen) atoms. The van der Waals surface area contributed by atoms with Gasteiger partial charge in [-0.1, -0.05) is 0 Å². The van der Waals surface area contributed by atoms with Crippen LogP contribution in [0.5, 0.6) is 0 Å². The molecule has 5 nitrogen and oxygen atoms in total. The molecular formula is C5H17N2O3P. The lowest BCUT2D eigenvalue weighted by molar-refractivity contribution is 0.239. The number of nitrogens with two attached hydrogens (primary N) is 2. The maximum absolute atomic E-state index is 4.90. The van der Waals surface area contributed by atoms with Crippen LogP contribution in [0.4, 0.5) is 0 Å². The molecule has 0 heterocycles. The first-order valence-corrected chi connectivity index (χ1v) is 4.18. The lowest BCUT2D eigenvalue weighted by atomic mass is 10.7. The Balaban J connectivity index is 0. The van der Waals surface area contributed by atoms with Crippen LogP contribution in [-0.4, -0.2) is 34.4 Å². The number of rotatable bonds is 4. The number of hydrogen-bond donors (Lipinski definition) is 2. The minimum atomic E-state index is -1.05. The van der Waals surface area contributed by atoms with E-state index in [2.05, 4.69) is 13.6 Å². The summed E-state index contributed by atoms with van der Waals surface area (Å²) in [5.41, 5.74) is 9.81. The minimum absolute atomic E-state index is 0.597. The largest absolute Gasteiger partial charge is 0.331 e. The standard InChI is InChI=1S/C3H9O3P.C2H8N2/c1-4-7(5-2)6-3;3-1-2-4/h1-3H3;1-4H2. The summed E-state index contributed by atoms with van der Waals surface area (Å²) in [6.45, 7) is 1.19. The molecular weight excluding hydrogens is 167 g/mol. The Morgan fingerprint density at radius 3 is 1.18 bits per heavy atom. The van der Waals surface area contributed by atoms with E-state index in [4.69, 9.17) is 11.5 Å². The molecule has 0 saturated heterocycles. The van der Waals surface area contributed by atoms with Crippen molar-refractivity contribution in [1.29, 1.82) is 0 Å². The normalized spacial score (nSPS) is 9.27. The van der Waals surface area contributed by atoms with Gasteiger partial charge < -0.3 is 25.0 Å². The van der Waals surface area contributed by atoms with Crippen molar-refractivity contribution in [2.45, 2.75) is 0 Å². The molecule has 0 spiro atoms. The molecule has 6 heteroatoms. The molecule has 0 fully saturated rings. The molecule has 0 radical (unpaired) electrons. The van der Waals surface area contributed by atoms with E-state index >= 15 is 0 Å². The average molecular weight is 184 g/mol. The maximum Gasteiger partial charge on any atom is 0.331 e. The summed E-state index contributed by atoms with van der Waals surface area (Å²) >= 11 is 0. The monoisotopic (exact) mass is 184 g/mol. The van der Waals surface area contributed by atoms with Crippen molar-refractivity contribution in [3.63, 3.8) is 0 Å². The molecule has 0 atom stereocenters. The highest BCUT2D eigenvalue weighted by Gasteiger charge is 2.00. The van der Waals surface area contributed by atoms with Crippen LogP contribution in [-0.2, 0) is 13.6 Å². The van der Waals surface area contributed by atoms with Crippen molar-refractivity contribution in [2.75, 3.05) is 34.4 Å². The third kappa shape index (κ3) is 13.3. The SMILES string of the molecule is COP(OC)OC.NCCN. The van der Waals surface area contributed by atoms with Gasteiger partial charge in [0.2, 0.25) is 0 Å². The number of hydrogen-bond acceptors (Lipinski definition) is 5. The molecule has 70 valence electrons. The van der Waals surface area contributed by atoms with E-state index in [1.165, 1.54) is 0 Å². The first-order valence-electron chi connectivity index (χ1n) is 3.09. The third-order valence-corrected chi connectivity index (χ3v) is 1.51. The fraction of sp³-hybridized carbons (Fsp3) is 1.00. The van der Waals surface area contributed by atoms with Crippen molar-refractivity contribution in [1.82, 2.24) is 0 Å².